The van der Waals surface area contributed by atoms with Crippen molar-refractivity contribution in [1.82, 2.24) is 4.90 Å². The predicted octanol–water partition coefficient (Wildman–Crippen LogP) is 5.59. The molecule has 0 atom stereocenters. The molecule has 2 aromatic carbocycles. The zero-order valence-electron chi connectivity index (χ0n) is 18.6. The van der Waals surface area contributed by atoms with Gasteiger partial charge in [0.05, 0.1) is 15.5 Å². The van der Waals surface area contributed by atoms with E-state index in [0.29, 0.717) is 33.8 Å². The Morgan fingerprint density at radius 2 is 1.86 bits per heavy atom. The Morgan fingerprint density at radius 1 is 1.09 bits per heavy atom. The third-order valence-electron chi connectivity index (χ3n) is 5.34. The van der Waals surface area contributed by atoms with Gasteiger partial charge >= 0.3 is 5.97 Å². The number of nitrogens with zero attached hydrogens (tertiary/aromatic N) is 1. The Bertz CT molecular complexity index is 1410. The summed E-state index contributed by atoms with van der Waals surface area (Å²) in [6.45, 7) is 3.45. The summed E-state index contributed by atoms with van der Waals surface area (Å²) in [6.07, 6.45) is 1.39. The fourth-order valence-electron chi connectivity index (χ4n) is 3.35. The van der Waals surface area contributed by atoms with Crippen LogP contribution in [0.2, 0.25) is 5.02 Å². The molecule has 178 valence electrons. The average molecular weight is 511 g/mol. The quantitative estimate of drug-likeness (QED) is 0.415. The number of furan rings is 1. The molecule has 0 spiro atoms. The fraction of sp³-hybridized carbons (Fsp3) is 0.120. The fourth-order valence-corrected chi connectivity index (χ4v) is 4.38. The highest BCUT2D eigenvalue weighted by Crippen LogP contribution is 2.35. The van der Waals surface area contributed by atoms with E-state index in [-0.39, 0.29) is 16.2 Å². The van der Waals surface area contributed by atoms with Crippen LogP contribution in [0.15, 0.2) is 57.9 Å². The first-order valence-corrected chi connectivity index (χ1v) is 11.6. The van der Waals surface area contributed by atoms with E-state index < -0.39 is 29.6 Å². The molecule has 1 fully saturated rings. The minimum atomic E-state index is -1.11. The predicted molar refractivity (Wildman–Crippen MR) is 133 cm³/mol. The van der Waals surface area contributed by atoms with E-state index in [0.717, 1.165) is 16.0 Å². The summed E-state index contributed by atoms with van der Waals surface area (Å²) in [6, 6.07) is 12.8. The standard InChI is InChI=1S/C25H19ClN2O6S/c1-13-3-5-16(9-14(13)2)27-22(29)12-28-23(30)21(35-25(28)33)11-17-6-8-20(34-17)18-10-15(24(31)32)4-7-19(18)26/h3-11H,12H2,1-2H3,(H,27,29)(H,31,32). The van der Waals surface area contributed by atoms with Crippen LogP contribution < -0.4 is 5.32 Å². The van der Waals surface area contributed by atoms with E-state index in [9.17, 15) is 24.3 Å². The highest BCUT2D eigenvalue weighted by Gasteiger charge is 2.36. The van der Waals surface area contributed by atoms with Gasteiger partial charge in [-0.2, -0.15) is 0 Å². The number of aromatic carboxylic acids is 1. The second kappa shape index (κ2) is 9.81. The van der Waals surface area contributed by atoms with Crippen LogP contribution in [0, 0.1) is 13.8 Å². The molecule has 0 bridgehead atoms. The first kappa shape index (κ1) is 24.3. The first-order valence-electron chi connectivity index (χ1n) is 10.4. The monoisotopic (exact) mass is 510 g/mol. The van der Waals surface area contributed by atoms with Crippen molar-refractivity contribution >= 4 is 58.1 Å². The molecule has 3 aromatic rings. The number of hydrogen-bond donors (Lipinski definition) is 2. The second-order valence-electron chi connectivity index (χ2n) is 7.82. The Hall–Kier alpha value is -3.82. The molecule has 1 aromatic heterocycles. The maximum atomic E-state index is 12.8. The number of hydrogen-bond acceptors (Lipinski definition) is 6. The number of rotatable bonds is 6. The number of halogens is 1. The van der Waals surface area contributed by atoms with Crippen LogP contribution >= 0.6 is 23.4 Å². The zero-order chi connectivity index (χ0) is 25.3. The van der Waals surface area contributed by atoms with Crippen LogP contribution in [0.25, 0.3) is 17.4 Å². The van der Waals surface area contributed by atoms with Crippen LogP contribution in [-0.2, 0) is 9.59 Å². The lowest BCUT2D eigenvalue weighted by atomic mass is 10.1. The molecule has 0 radical (unpaired) electrons. The second-order valence-corrected chi connectivity index (χ2v) is 9.22. The summed E-state index contributed by atoms with van der Waals surface area (Å²) in [5, 5.41) is 11.6. The summed E-state index contributed by atoms with van der Waals surface area (Å²) in [7, 11) is 0. The molecule has 0 unspecified atom stereocenters. The molecule has 10 heteroatoms. The van der Waals surface area contributed by atoms with Crippen molar-refractivity contribution in [2.24, 2.45) is 0 Å². The van der Waals surface area contributed by atoms with Crippen molar-refractivity contribution in [2.45, 2.75) is 13.8 Å². The van der Waals surface area contributed by atoms with Crippen molar-refractivity contribution < 1.29 is 28.7 Å². The van der Waals surface area contributed by atoms with Gasteiger partial charge in [0.25, 0.3) is 11.1 Å². The molecule has 3 amide bonds. The number of carboxylic acid groups (broad SMARTS) is 1. The molecule has 0 aliphatic carbocycles. The third kappa shape index (κ3) is 5.31. The molecule has 1 aliphatic heterocycles. The Balaban J connectivity index is 1.48. The maximum Gasteiger partial charge on any atom is 0.335 e. The maximum absolute atomic E-state index is 12.8. The third-order valence-corrected chi connectivity index (χ3v) is 6.58. The Kier molecular flexibility index (Phi) is 6.81. The number of carbonyl (C=O) groups is 4. The van der Waals surface area contributed by atoms with Gasteiger partial charge in [-0.25, -0.2) is 4.79 Å². The number of anilines is 1. The molecule has 0 saturated carbocycles. The number of thioether (sulfide) groups is 1. The SMILES string of the molecule is Cc1ccc(NC(=O)CN2C(=O)SC(=Cc3ccc(-c4cc(C(=O)O)ccc4Cl)o3)C2=O)cc1C. The summed E-state index contributed by atoms with van der Waals surface area (Å²) < 4.78 is 5.72. The van der Waals surface area contributed by atoms with Crippen LogP contribution in [0.3, 0.4) is 0 Å². The number of imide groups is 1. The van der Waals surface area contributed by atoms with Gasteiger partial charge in [0.15, 0.2) is 0 Å². The summed E-state index contributed by atoms with van der Waals surface area (Å²) in [4.78, 5) is 49.8. The van der Waals surface area contributed by atoms with E-state index in [4.69, 9.17) is 16.0 Å². The lowest BCUT2D eigenvalue weighted by molar-refractivity contribution is -0.127. The zero-order valence-corrected chi connectivity index (χ0v) is 20.2. The molecule has 2 heterocycles. The number of benzene rings is 2. The number of carboxylic acids is 1. The summed E-state index contributed by atoms with van der Waals surface area (Å²) in [5.74, 6) is -1.65. The van der Waals surface area contributed by atoms with Crippen molar-refractivity contribution in [2.75, 3.05) is 11.9 Å². The number of carbonyl (C=O) groups excluding carboxylic acids is 3. The average Bonchev–Trinajstić information content (AvgIpc) is 3.36. The van der Waals surface area contributed by atoms with Crippen LogP contribution in [0.1, 0.15) is 27.2 Å². The van der Waals surface area contributed by atoms with E-state index in [2.05, 4.69) is 5.32 Å². The van der Waals surface area contributed by atoms with Gasteiger partial charge < -0.3 is 14.8 Å². The van der Waals surface area contributed by atoms with Crippen LogP contribution in [-0.4, -0.2) is 39.6 Å². The van der Waals surface area contributed by atoms with Gasteiger partial charge in [0.2, 0.25) is 5.91 Å². The minimum Gasteiger partial charge on any atom is -0.478 e. The number of amides is 3. The molecule has 1 aliphatic rings. The molecular formula is C25H19ClN2O6S. The molecular weight excluding hydrogens is 492 g/mol. The van der Waals surface area contributed by atoms with Crippen molar-refractivity contribution in [3.05, 3.63) is 80.9 Å². The van der Waals surface area contributed by atoms with Gasteiger partial charge in [-0.05, 0) is 79.2 Å². The molecule has 1 saturated heterocycles. The highest BCUT2D eigenvalue weighted by atomic mass is 35.5. The number of aryl methyl sites for hydroxylation is 2. The minimum absolute atomic E-state index is 0.0440. The lowest BCUT2D eigenvalue weighted by Crippen LogP contribution is -2.36. The topological polar surface area (TPSA) is 117 Å². The molecule has 35 heavy (non-hydrogen) atoms. The Morgan fingerprint density at radius 3 is 2.57 bits per heavy atom. The Labute approximate surface area is 209 Å². The van der Waals surface area contributed by atoms with E-state index in [1.165, 1.54) is 24.3 Å². The van der Waals surface area contributed by atoms with Crippen molar-refractivity contribution in [3.8, 4) is 11.3 Å². The molecule has 8 nitrogen and oxygen atoms in total. The molecule has 2 N–H and O–H groups in total. The van der Waals surface area contributed by atoms with Crippen LogP contribution in [0.4, 0.5) is 10.5 Å². The summed E-state index contributed by atoms with van der Waals surface area (Å²) in [5.41, 5.74) is 3.09. The van der Waals surface area contributed by atoms with Crippen molar-refractivity contribution in [3.63, 3.8) is 0 Å². The first-order chi connectivity index (χ1) is 16.6. The number of nitrogens with one attached hydrogen (secondary N) is 1. The molecule has 4 rings (SSSR count). The smallest absolute Gasteiger partial charge is 0.335 e. The van der Waals surface area contributed by atoms with Crippen molar-refractivity contribution in [1.29, 1.82) is 0 Å². The van der Waals surface area contributed by atoms with E-state index in [1.807, 2.05) is 26.0 Å². The van der Waals surface area contributed by atoms with E-state index >= 15 is 0 Å². The van der Waals surface area contributed by atoms with Gasteiger partial charge in [0.1, 0.15) is 18.1 Å². The van der Waals surface area contributed by atoms with Gasteiger partial charge in [0, 0.05) is 17.3 Å². The van der Waals surface area contributed by atoms with E-state index in [1.54, 1.807) is 18.2 Å². The lowest BCUT2D eigenvalue weighted by Gasteiger charge is -2.13. The van der Waals surface area contributed by atoms with Crippen LogP contribution in [0.5, 0.6) is 0 Å². The largest absolute Gasteiger partial charge is 0.478 e. The van der Waals surface area contributed by atoms with Gasteiger partial charge in [-0.3, -0.25) is 19.3 Å². The van der Waals surface area contributed by atoms with Gasteiger partial charge in [-0.15, -0.1) is 0 Å². The summed E-state index contributed by atoms with van der Waals surface area (Å²) >= 11 is 6.88. The van der Waals surface area contributed by atoms with Gasteiger partial charge in [-0.1, -0.05) is 17.7 Å². The normalized spacial score (nSPS) is 14.6. The highest BCUT2D eigenvalue weighted by molar-refractivity contribution is 8.18.